The Morgan fingerprint density at radius 1 is 1.47 bits per heavy atom. The molecule has 0 radical (unpaired) electrons. The second-order valence-corrected chi connectivity index (χ2v) is 3.57. The van der Waals surface area contributed by atoms with E-state index < -0.39 is 28.3 Å². The Kier molecular flexibility index (Phi) is 4.92. The molecule has 1 amide bonds. The number of hydrogen-bond acceptors (Lipinski definition) is 5. The van der Waals surface area contributed by atoms with Crippen molar-refractivity contribution >= 4 is 17.6 Å². The molecule has 0 atom stereocenters. The van der Waals surface area contributed by atoms with Gasteiger partial charge in [-0.3, -0.25) is 19.7 Å². The van der Waals surface area contributed by atoms with Gasteiger partial charge in [-0.15, -0.1) is 0 Å². The van der Waals surface area contributed by atoms with Gasteiger partial charge in [0.15, 0.2) is 0 Å². The molecule has 0 fully saturated rings. The van der Waals surface area contributed by atoms with E-state index in [0.29, 0.717) is 0 Å². The average molecular weight is 270 g/mol. The Balaban J connectivity index is 2.67. The van der Waals surface area contributed by atoms with Gasteiger partial charge in [0.25, 0.3) is 0 Å². The Bertz CT molecular complexity index is 518. The SMILES string of the molecule is COC(=O)CNC(=O)Cc1ccc(F)c([N+](=O)[O-])c1. The zero-order valence-electron chi connectivity index (χ0n) is 10.0. The largest absolute Gasteiger partial charge is 0.468 e. The number of hydrogen-bond donors (Lipinski definition) is 1. The summed E-state index contributed by atoms with van der Waals surface area (Å²) in [6.45, 7) is -0.293. The number of nitro groups is 1. The second kappa shape index (κ2) is 6.43. The molecule has 0 aliphatic carbocycles. The summed E-state index contributed by atoms with van der Waals surface area (Å²) in [5, 5.41) is 12.8. The normalized spacial score (nSPS) is 9.79. The third kappa shape index (κ3) is 4.34. The van der Waals surface area contributed by atoms with Crippen LogP contribution in [0, 0.1) is 15.9 Å². The molecule has 0 heterocycles. The molecule has 1 aromatic carbocycles. The van der Waals surface area contributed by atoms with Gasteiger partial charge < -0.3 is 10.1 Å². The number of nitrogens with one attached hydrogen (secondary N) is 1. The van der Waals surface area contributed by atoms with Crippen molar-refractivity contribution in [3.05, 3.63) is 39.7 Å². The highest BCUT2D eigenvalue weighted by Crippen LogP contribution is 2.18. The Morgan fingerprint density at radius 3 is 2.74 bits per heavy atom. The fourth-order valence-corrected chi connectivity index (χ4v) is 1.30. The van der Waals surface area contributed by atoms with Crippen molar-refractivity contribution in [2.75, 3.05) is 13.7 Å². The van der Waals surface area contributed by atoms with Crippen LogP contribution in [0.1, 0.15) is 5.56 Å². The lowest BCUT2D eigenvalue weighted by atomic mass is 10.1. The molecule has 1 aromatic rings. The Labute approximate surface area is 107 Å². The summed E-state index contributed by atoms with van der Waals surface area (Å²) in [6.07, 6.45) is -0.196. The fraction of sp³-hybridized carbons (Fsp3) is 0.273. The molecule has 8 heteroatoms. The number of rotatable bonds is 5. The van der Waals surface area contributed by atoms with Crippen molar-refractivity contribution in [1.29, 1.82) is 0 Å². The predicted octanol–water partition coefficient (Wildman–Crippen LogP) is 0.566. The average Bonchev–Trinajstić information content (AvgIpc) is 2.37. The summed E-state index contributed by atoms with van der Waals surface area (Å²) in [7, 11) is 1.18. The quantitative estimate of drug-likeness (QED) is 0.479. The summed E-state index contributed by atoms with van der Waals surface area (Å²) >= 11 is 0. The van der Waals surface area contributed by atoms with Crippen LogP contribution in [0.2, 0.25) is 0 Å². The molecule has 0 bridgehead atoms. The molecule has 0 saturated heterocycles. The molecule has 19 heavy (non-hydrogen) atoms. The minimum atomic E-state index is -0.969. The summed E-state index contributed by atoms with van der Waals surface area (Å²) in [5.41, 5.74) is -0.422. The first-order valence-electron chi connectivity index (χ1n) is 5.20. The molecule has 7 nitrogen and oxygen atoms in total. The molecule has 0 aromatic heterocycles. The van der Waals surface area contributed by atoms with Crippen molar-refractivity contribution in [1.82, 2.24) is 5.32 Å². The van der Waals surface area contributed by atoms with E-state index in [1.165, 1.54) is 13.2 Å². The number of ether oxygens (including phenoxy) is 1. The maximum atomic E-state index is 13.1. The van der Waals surface area contributed by atoms with E-state index in [2.05, 4.69) is 10.1 Å². The highest BCUT2D eigenvalue weighted by molar-refractivity contribution is 5.83. The van der Waals surface area contributed by atoms with E-state index in [1.54, 1.807) is 0 Å². The number of benzene rings is 1. The Hall–Kier alpha value is -2.51. The van der Waals surface area contributed by atoms with Crippen molar-refractivity contribution in [3.8, 4) is 0 Å². The van der Waals surface area contributed by atoms with Gasteiger partial charge in [0.2, 0.25) is 11.7 Å². The molecule has 0 aliphatic rings. The van der Waals surface area contributed by atoms with E-state index in [9.17, 15) is 24.1 Å². The van der Waals surface area contributed by atoms with Crippen LogP contribution < -0.4 is 5.32 Å². The summed E-state index contributed by atoms with van der Waals surface area (Å²) < 4.78 is 17.4. The maximum Gasteiger partial charge on any atom is 0.325 e. The molecule has 0 aliphatic heterocycles. The molecule has 0 spiro atoms. The first-order valence-corrected chi connectivity index (χ1v) is 5.20. The lowest BCUT2D eigenvalue weighted by molar-refractivity contribution is -0.387. The molecule has 1 N–H and O–H groups in total. The number of esters is 1. The molecule has 102 valence electrons. The van der Waals surface area contributed by atoms with Gasteiger partial charge >= 0.3 is 11.7 Å². The number of carbonyl (C=O) groups excluding carboxylic acids is 2. The highest BCUT2D eigenvalue weighted by Gasteiger charge is 2.15. The minimum Gasteiger partial charge on any atom is -0.468 e. The van der Waals surface area contributed by atoms with Gasteiger partial charge in [-0.05, 0) is 11.6 Å². The van der Waals surface area contributed by atoms with Crippen LogP contribution in [0.15, 0.2) is 18.2 Å². The van der Waals surface area contributed by atoms with Gasteiger partial charge in [0.05, 0.1) is 18.5 Å². The second-order valence-electron chi connectivity index (χ2n) is 3.57. The van der Waals surface area contributed by atoms with E-state index in [-0.39, 0.29) is 18.5 Å². The molecule has 0 saturated carbocycles. The van der Waals surface area contributed by atoms with Gasteiger partial charge in [-0.25, -0.2) is 0 Å². The van der Waals surface area contributed by atoms with Crippen molar-refractivity contribution in [3.63, 3.8) is 0 Å². The first-order chi connectivity index (χ1) is 8.93. The lowest BCUT2D eigenvalue weighted by Crippen LogP contribution is -2.31. The number of halogens is 1. The van der Waals surface area contributed by atoms with Crippen LogP contribution in [0.25, 0.3) is 0 Å². The van der Waals surface area contributed by atoms with E-state index in [4.69, 9.17) is 0 Å². The van der Waals surface area contributed by atoms with Gasteiger partial charge in [-0.1, -0.05) is 6.07 Å². The molecular weight excluding hydrogens is 259 g/mol. The molecule has 1 rings (SSSR count). The molecule has 0 unspecified atom stereocenters. The van der Waals surface area contributed by atoms with Crippen LogP contribution in [-0.4, -0.2) is 30.5 Å². The van der Waals surface area contributed by atoms with Crippen molar-refractivity contribution in [2.24, 2.45) is 0 Å². The van der Waals surface area contributed by atoms with Gasteiger partial charge in [0, 0.05) is 6.07 Å². The van der Waals surface area contributed by atoms with Crippen LogP contribution in [-0.2, 0) is 20.7 Å². The van der Waals surface area contributed by atoms with Crippen LogP contribution in [0.5, 0.6) is 0 Å². The zero-order valence-corrected chi connectivity index (χ0v) is 10.0. The van der Waals surface area contributed by atoms with E-state index in [1.807, 2.05) is 0 Å². The van der Waals surface area contributed by atoms with E-state index in [0.717, 1.165) is 12.1 Å². The topological polar surface area (TPSA) is 98.5 Å². The minimum absolute atomic E-state index is 0.196. The smallest absolute Gasteiger partial charge is 0.325 e. The molecular formula is C11H11FN2O5. The summed E-state index contributed by atoms with van der Waals surface area (Å²) in [5.74, 6) is -2.10. The third-order valence-corrected chi connectivity index (χ3v) is 2.23. The lowest BCUT2D eigenvalue weighted by Gasteiger charge is -2.04. The zero-order chi connectivity index (χ0) is 14.4. The van der Waals surface area contributed by atoms with Crippen molar-refractivity contribution < 1.29 is 23.6 Å². The van der Waals surface area contributed by atoms with Crippen molar-refractivity contribution in [2.45, 2.75) is 6.42 Å². The number of carbonyl (C=O) groups is 2. The Morgan fingerprint density at radius 2 is 2.16 bits per heavy atom. The third-order valence-electron chi connectivity index (χ3n) is 2.23. The monoisotopic (exact) mass is 270 g/mol. The standard InChI is InChI=1S/C11H11FN2O5/c1-19-11(16)6-13-10(15)5-7-2-3-8(12)9(4-7)14(17)18/h2-4H,5-6H2,1H3,(H,13,15). The number of nitrogens with zero attached hydrogens (tertiary/aromatic N) is 1. The summed E-state index contributed by atoms with van der Waals surface area (Å²) in [6, 6.07) is 3.16. The maximum absolute atomic E-state index is 13.1. The predicted molar refractivity (Wildman–Crippen MR) is 61.8 cm³/mol. The number of nitro benzene ring substituents is 1. The van der Waals surface area contributed by atoms with Crippen LogP contribution in [0.4, 0.5) is 10.1 Å². The van der Waals surface area contributed by atoms with E-state index >= 15 is 0 Å². The van der Waals surface area contributed by atoms with Crippen LogP contribution in [0.3, 0.4) is 0 Å². The van der Waals surface area contributed by atoms with Crippen LogP contribution >= 0.6 is 0 Å². The fourth-order valence-electron chi connectivity index (χ4n) is 1.30. The first kappa shape index (κ1) is 14.6. The summed E-state index contributed by atoms with van der Waals surface area (Å²) in [4.78, 5) is 31.8. The van der Waals surface area contributed by atoms with Gasteiger partial charge in [-0.2, -0.15) is 4.39 Å². The number of amides is 1. The highest BCUT2D eigenvalue weighted by atomic mass is 19.1. The number of methoxy groups -OCH3 is 1. The van der Waals surface area contributed by atoms with Gasteiger partial charge in [0.1, 0.15) is 6.54 Å².